The van der Waals surface area contributed by atoms with Crippen molar-refractivity contribution in [3.63, 3.8) is 0 Å². The number of nitrogens with one attached hydrogen (secondary N) is 2. The van der Waals surface area contributed by atoms with Gasteiger partial charge in [-0.2, -0.15) is 0 Å². The van der Waals surface area contributed by atoms with Crippen molar-refractivity contribution in [2.24, 2.45) is 5.92 Å². The van der Waals surface area contributed by atoms with Gasteiger partial charge in [0.2, 0.25) is 0 Å². The van der Waals surface area contributed by atoms with E-state index in [4.69, 9.17) is 0 Å². The second-order valence-electron chi connectivity index (χ2n) is 4.62. The summed E-state index contributed by atoms with van der Waals surface area (Å²) in [6, 6.07) is 10.3. The molecule has 3 heteroatoms. The van der Waals surface area contributed by atoms with E-state index in [-0.39, 0.29) is 0 Å². The molecular weight excluding hydrogens is 210 g/mol. The minimum absolute atomic E-state index is 0.752. The molecule has 2 heterocycles. The van der Waals surface area contributed by atoms with Gasteiger partial charge in [-0.25, -0.2) is 0 Å². The second-order valence-corrected chi connectivity index (χ2v) is 4.62. The summed E-state index contributed by atoms with van der Waals surface area (Å²) in [4.78, 5) is 4.37. The van der Waals surface area contributed by atoms with Crippen LogP contribution in [0.5, 0.6) is 0 Å². The van der Waals surface area contributed by atoms with E-state index in [0.717, 1.165) is 31.1 Å². The minimum Gasteiger partial charge on any atom is -0.384 e. The third kappa shape index (κ3) is 2.24. The number of aromatic nitrogens is 1. The average molecular weight is 227 g/mol. The Morgan fingerprint density at radius 1 is 1.29 bits per heavy atom. The van der Waals surface area contributed by atoms with E-state index >= 15 is 0 Å². The Morgan fingerprint density at radius 2 is 2.24 bits per heavy atom. The number of nitrogens with zero attached hydrogens (tertiary/aromatic N) is 1. The summed E-state index contributed by atoms with van der Waals surface area (Å²) in [6.45, 7) is 3.33. The monoisotopic (exact) mass is 227 g/mol. The molecule has 0 amide bonds. The fourth-order valence-electron chi connectivity index (χ4n) is 2.39. The number of pyridine rings is 1. The average Bonchev–Trinajstić information content (AvgIpc) is 2.89. The standard InChI is InChI=1S/C14H17N3/c1-2-4-13-12(3-1)14(6-8-16-13)17-10-11-5-7-15-9-11/h1-4,6,8,11,15H,5,7,9-10H2,(H,16,17). The smallest absolute Gasteiger partial charge is 0.0722 e. The number of benzene rings is 1. The number of para-hydroxylation sites is 1. The first-order valence-corrected chi connectivity index (χ1v) is 6.22. The van der Waals surface area contributed by atoms with Crippen LogP contribution in [0.3, 0.4) is 0 Å². The molecule has 1 fully saturated rings. The maximum absolute atomic E-state index is 4.37. The Kier molecular flexibility index (Phi) is 2.92. The highest BCUT2D eigenvalue weighted by Gasteiger charge is 2.14. The van der Waals surface area contributed by atoms with E-state index in [0.29, 0.717) is 0 Å². The van der Waals surface area contributed by atoms with Crippen LogP contribution in [0.1, 0.15) is 6.42 Å². The highest BCUT2D eigenvalue weighted by molar-refractivity contribution is 5.90. The number of rotatable bonds is 3. The van der Waals surface area contributed by atoms with Crippen molar-refractivity contribution >= 4 is 16.6 Å². The Bertz CT molecular complexity index is 498. The van der Waals surface area contributed by atoms with Crippen LogP contribution in [-0.4, -0.2) is 24.6 Å². The molecular formula is C14H17N3. The van der Waals surface area contributed by atoms with Crippen molar-refractivity contribution in [1.82, 2.24) is 10.3 Å². The Morgan fingerprint density at radius 3 is 3.12 bits per heavy atom. The summed E-state index contributed by atoms with van der Waals surface area (Å²) in [7, 11) is 0. The molecule has 17 heavy (non-hydrogen) atoms. The number of anilines is 1. The van der Waals surface area contributed by atoms with Crippen molar-refractivity contribution in [3.05, 3.63) is 36.5 Å². The van der Waals surface area contributed by atoms with Gasteiger partial charge in [-0.05, 0) is 37.6 Å². The van der Waals surface area contributed by atoms with Crippen LogP contribution in [0.2, 0.25) is 0 Å². The van der Waals surface area contributed by atoms with Gasteiger partial charge in [0.1, 0.15) is 0 Å². The van der Waals surface area contributed by atoms with Gasteiger partial charge in [0, 0.05) is 23.8 Å². The molecule has 1 aromatic carbocycles. The van der Waals surface area contributed by atoms with Crippen LogP contribution in [0.25, 0.3) is 10.9 Å². The molecule has 0 bridgehead atoms. The first-order valence-electron chi connectivity index (χ1n) is 6.22. The van der Waals surface area contributed by atoms with Crippen molar-refractivity contribution < 1.29 is 0 Å². The van der Waals surface area contributed by atoms with Gasteiger partial charge in [0.05, 0.1) is 5.52 Å². The zero-order chi connectivity index (χ0) is 11.5. The van der Waals surface area contributed by atoms with Crippen molar-refractivity contribution in [1.29, 1.82) is 0 Å². The summed E-state index contributed by atoms with van der Waals surface area (Å²) in [5.74, 6) is 0.752. The zero-order valence-electron chi connectivity index (χ0n) is 9.82. The van der Waals surface area contributed by atoms with E-state index in [1.54, 1.807) is 0 Å². The molecule has 3 rings (SSSR count). The Labute approximate surface area is 101 Å². The van der Waals surface area contributed by atoms with Gasteiger partial charge in [0.15, 0.2) is 0 Å². The van der Waals surface area contributed by atoms with E-state index in [2.05, 4.69) is 39.9 Å². The molecule has 88 valence electrons. The molecule has 0 spiro atoms. The van der Waals surface area contributed by atoms with Gasteiger partial charge in [0.25, 0.3) is 0 Å². The van der Waals surface area contributed by atoms with Crippen LogP contribution in [0.15, 0.2) is 36.5 Å². The lowest BCUT2D eigenvalue weighted by atomic mass is 10.1. The molecule has 3 nitrogen and oxygen atoms in total. The summed E-state index contributed by atoms with van der Waals surface area (Å²) < 4.78 is 0. The van der Waals surface area contributed by atoms with Gasteiger partial charge in [-0.3, -0.25) is 4.98 Å². The summed E-state index contributed by atoms with van der Waals surface area (Å²) in [5.41, 5.74) is 2.25. The predicted octanol–water partition coefficient (Wildman–Crippen LogP) is 2.26. The maximum Gasteiger partial charge on any atom is 0.0722 e. The quantitative estimate of drug-likeness (QED) is 0.844. The van der Waals surface area contributed by atoms with Crippen LogP contribution >= 0.6 is 0 Å². The lowest BCUT2D eigenvalue weighted by molar-refractivity contribution is 0.616. The molecule has 1 saturated heterocycles. The minimum atomic E-state index is 0.752. The summed E-state index contributed by atoms with van der Waals surface area (Å²) in [6.07, 6.45) is 3.15. The van der Waals surface area contributed by atoms with Crippen LogP contribution in [0, 0.1) is 5.92 Å². The molecule has 1 aromatic heterocycles. The zero-order valence-corrected chi connectivity index (χ0v) is 9.82. The van der Waals surface area contributed by atoms with Crippen LogP contribution < -0.4 is 10.6 Å². The molecule has 1 atom stereocenters. The van der Waals surface area contributed by atoms with Gasteiger partial charge >= 0.3 is 0 Å². The molecule has 1 unspecified atom stereocenters. The fourth-order valence-corrected chi connectivity index (χ4v) is 2.39. The lowest BCUT2D eigenvalue weighted by Gasteiger charge is -2.12. The van der Waals surface area contributed by atoms with E-state index in [9.17, 15) is 0 Å². The lowest BCUT2D eigenvalue weighted by Crippen LogP contribution is -2.17. The third-order valence-corrected chi connectivity index (χ3v) is 3.39. The topological polar surface area (TPSA) is 37.0 Å². The molecule has 0 radical (unpaired) electrons. The summed E-state index contributed by atoms with van der Waals surface area (Å²) in [5, 5.41) is 8.15. The Hall–Kier alpha value is -1.61. The third-order valence-electron chi connectivity index (χ3n) is 3.39. The van der Waals surface area contributed by atoms with Crippen molar-refractivity contribution in [3.8, 4) is 0 Å². The summed E-state index contributed by atoms with van der Waals surface area (Å²) >= 11 is 0. The SMILES string of the molecule is c1ccc2c(NCC3CCNC3)ccnc2c1. The van der Waals surface area contributed by atoms with Crippen molar-refractivity contribution in [2.75, 3.05) is 25.0 Å². The molecule has 2 N–H and O–H groups in total. The van der Waals surface area contributed by atoms with Crippen molar-refractivity contribution in [2.45, 2.75) is 6.42 Å². The molecule has 0 saturated carbocycles. The molecule has 0 aliphatic carbocycles. The van der Waals surface area contributed by atoms with Crippen LogP contribution in [-0.2, 0) is 0 Å². The predicted molar refractivity (Wildman–Crippen MR) is 71.2 cm³/mol. The molecule has 1 aliphatic rings. The van der Waals surface area contributed by atoms with Gasteiger partial charge < -0.3 is 10.6 Å². The normalized spacial score (nSPS) is 19.6. The highest BCUT2D eigenvalue weighted by atomic mass is 14.9. The number of hydrogen-bond acceptors (Lipinski definition) is 3. The maximum atomic E-state index is 4.37. The fraction of sp³-hybridized carbons (Fsp3) is 0.357. The van der Waals surface area contributed by atoms with E-state index in [1.807, 2.05) is 12.3 Å². The van der Waals surface area contributed by atoms with E-state index in [1.165, 1.54) is 17.5 Å². The Balaban J connectivity index is 1.79. The largest absolute Gasteiger partial charge is 0.384 e. The highest BCUT2D eigenvalue weighted by Crippen LogP contribution is 2.21. The first-order chi connectivity index (χ1) is 8.43. The number of fused-ring (bicyclic) bond motifs is 1. The van der Waals surface area contributed by atoms with E-state index < -0.39 is 0 Å². The first kappa shape index (κ1) is 10.5. The molecule has 1 aliphatic heterocycles. The molecule has 2 aromatic rings. The second kappa shape index (κ2) is 4.72. The van der Waals surface area contributed by atoms with Gasteiger partial charge in [-0.15, -0.1) is 0 Å². The van der Waals surface area contributed by atoms with Crippen LogP contribution in [0.4, 0.5) is 5.69 Å². The number of hydrogen-bond donors (Lipinski definition) is 2. The van der Waals surface area contributed by atoms with Gasteiger partial charge in [-0.1, -0.05) is 18.2 Å².